The van der Waals surface area contributed by atoms with Gasteiger partial charge in [-0.25, -0.2) is 8.42 Å². The van der Waals surface area contributed by atoms with Crippen LogP contribution in [-0.2, 0) is 23.5 Å². The summed E-state index contributed by atoms with van der Waals surface area (Å²) in [5.41, 5.74) is 4.28. The summed E-state index contributed by atoms with van der Waals surface area (Å²) in [4.78, 5) is 4.50. The average Bonchev–Trinajstić information content (AvgIpc) is 3.16. The summed E-state index contributed by atoms with van der Waals surface area (Å²) < 4.78 is 36.4. The van der Waals surface area contributed by atoms with Crippen molar-refractivity contribution in [3.63, 3.8) is 0 Å². The van der Waals surface area contributed by atoms with E-state index in [0.717, 1.165) is 16.8 Å². The van der Waals surface area contributed by atoms with Gasteiger partial charge in [-0.2, -0.15) is 4.98 Å². The van der Waals surface area contributed by atoms with Gasteiger partial charge in [0.25, 0.3) is 15.9 Å². The maximum absolute atomic E-state index is 13.3. The van der Waals surface area contributed by atoms with Crippen LogP contribution >= 0.6 is 0 Å². The molecular formula is C19H24N4O3S. The lowest BCUT2D eigenvalue weighted by Gasteiger charge is -2.12. The Balaban J connectivity index is 2.16. The second-order valence-electron chi connectivity index (χ2n) is 6.73. The molecule has 3 aromatic rings. The zero-order valence-corrected chi connectivity index (χ0v) is 17.2. The fourth-order valence-corrected chi connectivity index (χ4v) is 4.77. The van der Waals surface area contributed by atoms with Crippen LogP contribution in [0.1, 0.15) is 35.3 Å². The first-order chi connectivity index (χ1) is 12.7. The Hall–Kier alpha value is -2.61. The molecule has 0 aliphatic rings. The minimum Gasteiger partial charge on any atom is -0.350 e. The number of benzene rings is 1. The van der Waals surface area contributed by atoms with Crippen LogP contribution in [0.5, 0.6) is 0 Å². The number of anilines is 1. The number of aryl methyl sites for hydroxylation is 3. The lowest BCUT2D eigenvalue weighted by Crippen LogP contribution is -2.15. The topological polar surface area (TPSA) is 90.0 Å². The lowest BCUT2D eigenvalue weighted by atomic mass is 10.1. The fraction of sp³-hybridized carbons (Fsp3) is 0.368. The Morgan fingerprint density at radius 2 is 1.85 bits per heavy atom. The number of sulfonamides is 1. The van der Waals surface area contributed by atoms with E-state index in [2.05, 4.69) is 14.9 Å². The molecule has 2 aromatic heterocycles. The van der Waals surface area contributed by atoms with Gasteiger partial charge in [0.1, 0.15) is 4.90 Å². The monoisotopic (exact) mass is 388 g/mol. The molecule has 0 amide bonds. The van der Waals surface area contributed by atoms with E-state index in [1.807, 2.05) is 51.4 Å². The van der Waals surface area contributed by atoms with Crippen LogP contribution in [0.3, 0.4) is 0 Å². The Bertz CT molecular complexity index is 1110. The molecule has 0 radical (unpaired) electrons. The van der Waals surface area contributed by atoms with E-state index in [1.165, 1.54) is 0 Å². The highest BCUT2D eigenvalue weighted by Gasteiger charge is 2.31. The minimum absolute atomic E-state index is 0.161. The van der Waals surface area contributed by atoms with Crippen molar-refractivity contribution < 1.29 is 12.9 Å². The molecule has 7 nitrogen and oxygen atoms in total. The summed E-state index contributed by atoms with van der Waals surface area (Å²) in [5.74, 6) is 0.755. The summed E-state index contributed by atoms with van der Waals surface area (Å²) in [6, 6.07) is 5.59. The predicted molar refractivity (Wildman–Crippen MR) is 104 cm³/mol. The second-order valence-corrected chi connectivity index (χ2v) is 8.35. The summed E-state index contributed by atoms with van der Waals surface area (Å²) in [7, 11) is -2.04. The molecule has 0 saturated carbocycles. The fourth-order valence-electron chi connectivity index (χ4n) is 3.12. The number of rotatable bonds is 5. The molecule has 0 aliphatic carbocycles. The zero-order chi connectivity index (χ0) is 19.9. The summed E-state index contributed by atoms with van der Waals surface area (Å²) >= 11 is 0. The number of hydrogen-bond acceptors (Lipinski definition) is 5. The number of nitrogens with one attached hydrogen (secondary N) is 1. The van der Waals surface area contributed by atoms with Gasteiger partial charge in [0, 0.05) is 24.9 Å². The van der Waals surface area contributed by atoms with Gasteiger partial charge in [0.15, 0.2) is 5.82 Å². The molecule has 0 saturated heterocycles. The molecule has 144 valence electrons. The largest absolute Gasteiger partial charge is 0.350 e. The SMILES string of the molecule is CCc1noc(-c2c(S(=O)(=O)Nc3ccc(C)cc3C)c(C)n(C)c2C)n1. The highest BCUT2D eigenvalue weighted by Crippen LogP contribution is 2.35. The van der Waals surface area contributed by atoms with Crippen molar-refractivity contribution in [2.24, 2.45) is 7.05 Å². The third-order valence-electron chi connectivity index (χ3n) is 4.82. The third-order valence-corrected chi connectivity index (χ3v) is 6.34. The van der Waals surface area contributed by atoms with Crippen LogP contribution in [0.2, 0.25) is 0 Å². The van der Waals surface area contributed by atoms with Gasteiger partial charge in [-0.3, -0.25) is 4.72 Å². The standard InChI is InChI=1S/C19H24N4O3S/c1-7-16-20-19(26-21-16)17-13(4)23(6)14(5)18(17)27(24,25)22-15-9-8-11(2)10-12(15)3/h8-10,22H,7H2,1-6H3. The molecular weight excluding hydrogens is 364 g/mol. The molecule has 27 heavy (non-hydrogen) atoms. The molecule has 0 unspecified atom stereocenters. The van der Waals surface area contributed by atoms with Crippen molar-refractivity contribution in [1.29, 1.82) is 0 Å². The van der Waals surface area contributed by atoms with Gasteiger partial charge < -0.3 is 9.09 Å². The first-order valence-corrected chi connectivity index (χ1v) is 10.2. The smallest absolute Gasteiger partial charge is 0.264 e. The Morgan fingerprint density at radius 3 is 2.44 bits per heavy atom. The quantitative estimate of drug-likeness (QED) is 0.720. The van der Waals surface area contributed by atoms with Gasteiger partial charge in [0.05, 0.1) is 11.3 Å². The highest BCUT2D eigenvalue weighted by atomic mass is 32.2. The number of aromatic nitrogens is 3. The summed E-state index contributed by atoms with van der Waals surface area (Å²) in [5, 5.41) is 3.91. The van der Waals surface area contributed by atoms with Crippen LogP contribution < -0.4 is 4.72 Å². The van der Waals surface area contributed by atoms with Gasteiger partial charge in [0.2, 0.25) is 0 Å². The summed E-state index contributed by atoms with van der Waals surface area (Å²) in [6.07, 6.45) is 0.608. The van der Waals surface area contributed by atoms with Crippen molar-refractivity contribution in [1.82, 2.24) is 14.7 Å². The molecule has 0 spiro atoms. The van der Waals surface area contributed by atoms with Crippen LogP contribution in [0.4, 0.5) is 5.69 Å². The maximum atomic E-state index is 13.3. The third kappa shape index (κ3) is 3.37. The predicted octanol–water partition coefficient (Wildman–Crippen LogP) is 3.67. The molecule has 8 heteroatoms. The molecule has 0 atom stereocenters. The van der Waals surface area contributed by atoms with Crippen LogP contribution in [0.15, 0.2) is 27.6 Å². The van der Waals surface area contributed by atoms with Crippen molar-refractivity contribution in [2.45, 2.75) is 45.9 Å². The van der Waals surface area contributed by atoms with Gasteiger partial charge in [-0.15, -0.1) is 0 Å². The highest BCUT2D eigenvalue weighted by molar-refractivity contribution is 7.93. The zero-order valence-electron chi connectivity index (χ0n) is 16.4. The van der Waals surface area contributed by atoms with Gasteiger partial charge in [-0.05, 0) is 39.3 Å². The van der Waals surface area contributed by atoms with E-state index in [0.29, 0.717) is 29.2 Å². The summed E-state index contributed by atoms with van der Waals surface area (Å²) in [6.45, 7) is 9.37. The normalized spacial score (nSPS) is 11.8. The van der Waals surface area contributed by atoms with Crippen LogP contribution in [0, 0.1) is 27.7 Å². The van der Waals surface area contributed by atoms with E-state index in [9.17, 15) is 8.42 Å². The lowest BCUT2D eigenvalue weighted by molar-refractivity contribution is 0.422. The van der Waals surface area contributed by atoms with Crippen molar-refractivity contribution in [3.8, 4) is 11.5 Å². The van der Waals surface area contributed by atoms with Crippen LogP contribution in [0.25, 0.3) is 11.5 Å². The molecule has 0 bridgehead atoms. The number of hydrogen-bond donors (Lipinski definition) is 1. The minimum atomic E-state index is -3.86. The van der Waals surface area contributed by atoms with E-state index < -0.39 is 10.0 Å². The van der Waals surface area contributed by atoms with Crippen molar-refractivity contribution in [2.75, 3.05) is 4.72 Å². The van der Waals surface area contributed by atoms with Gasteiger partial charge in [-0.1, -0.05) is 29.8 Å². The first-order valence-electron chi connectivity index (χ1n) is 8.74. The van der Waals surface area contributed by atoms with E-state index >= 15 is 0 Å². The molecule has 1 N–H and O–H groups in total. The molecule has 0 aliphatic heterocycles. The Morgan fingerprint density at radius 1 is 1.15 bits per heavy atom. The van der Waals surface area contributed by atoms with Crippen LogP contribution in [-0.4, -0.2) is 23.1 Å². The molecule has 1 aromatic carbocycles. The maximum Gasteiger partial charge on any atom is 0.264 e. The molecule has 3 rings (SSSR count). The second kappa shape index (κ2) is 6.84. The average molecular weight is 388 g/mol. The van der Waals surface area contributed by atoms with Crippen molar-refractivity contribution in [3.05, 3.63) is 46.5 Å². The Labute approximate surface area is 159 Å². The van der Waals surface area contributed by atoms with Gasteiger partial charge >= 0.3 is 0 Å². The van der Waals surface area contributed by atoms with E-state index in [4.69, 9.17) is 4.52 Å². The van der Waals surface area contributed by atoms with E-state index in [-0.39, 0.29) is 10.8 Å². The molecule has 0 fully saturated rings. The van der Waals surface area contributed by atoms with E-state index in [1.54, 1.807) is 13.0 Å². The Kier molecular flexibility index (Phi) is 4.86. The first kappa shape index (κ1) is 19.2. The molecule has 2 heterocycles. The van der Waals surface area contributed by atoms with Crippen molar-refractivity contribution >= 4 is 15.7 Å². The number of nitrogens with zero attached hydrogens (tertiary/aromatic N) is 3.